The molecule has 0 spiro atoms. The van der Waals surface area contributed by atoms with Crippen molar-refractivity contribution >= 4 is 22.0 Å². The summed E-state index contributed by atoms with van der Waals surface area (Å²) in [4.78, 5) is 24.2. The fraction of sp³-hybridized carbons (Fsp3) is 0.818. The van der Waals surface area contributed by atoms with Gasteiger partial charge in [-0.1, -0.05) is 6.42 Å². The Labute approximate surface area is 91.9 Å². The Bertz CT molecular complexity index is 359. The molecule has 3 heterocycles. The van der Waals surface area contributed by atoms with E-state index in [4.69, 9.17) is 4.74 Å². The van der Waals surface area contributed by atoms with Crippen LogP contribution in [-0.4, -0.2) is 22.4 Å². The number of thioether (sulfide) groups is 1. The Morgan fingerprint density at radius 3 is 2.13 bits per heavy atom. The fourth-order valence-electron chi connectivity index (χ4n) is 4.45. The van der Waals surface area contributed by atoms with Crippen LogP contribution in [-0.2, 0) is 14.3 Å². The number of carbonyl (C=O) groups is 2. The van der Waals surface area contributed by atoms with Crippen LogP contribution in [0.25, 0.3) is 0 Å². The molecule has 4 aliphatic rings. The third kappa shape index (κ3) is 0.644. The third-order valence-corrected chi connectivity index (χ3v) is 6.07. The first kappa shape index (κ1) is 8.76. The van der Waals surface area contributed by atoms with Gasteiger partial charge in [-0.3, -0.25) is 9.59 Å². The molecule has 15 heavy (non-hydrogen) atoms. The molecule has 3 aliphatic heterocycles. The molecule has 4 atom stereocenters. The van der Waals surface area contributed by atoms with Crippen LogP contribution in [0.1, 0.15) is 32.1 Å². The Kier molecular flexibility index (Phi) is 1.36. The van der Waals surface area contributed by atoms with Crippen molar-refractivity contribution in [1.82, 2.24) is 0 Å². The van der Waals surface area contributed by atoms with Crippen LogP contribution >= 0.6 is 11.8 Å². The molecule has 1 saturated carbocycles. The highest BCUT2D eigenvalue weighted by atomic mass is 32.2. The van der Waals surface area contributed by atoms with E-state index in [1.807, 2.05) is 0 Å². The van der Waals surface area contributed by atoms with Gasteiger partial charge in [0.15, 0.2) is 0 Å². The minimum atomic E-state index is -0.405. The third-order valence-electron chi connectivity index (χ3n) is 4.97. The van der Waals surface area contributed by atoms with Gasteiger partial charge in [-0.25, -0.2) is 0 Å². The molecular weight excluding hydrogens is 212 g/mol. The predicted octanol–water partition coefficient (Wildman–Crippen LogP) is 1.50. The van der Waals surface area contributed by atoms with Crippen molar-refractivity contribution in [2.75, 3.05) is 0 Å². The molecule has 0 N–H and O–H groups in total. The number of hydrogen-bond acceptors (Lipinski definition) is 4. The minimum absolute atomic E-state index is 0.0523. The second-order valence-corrected chi connectivity index (χ2v) is 6.11. The average Bonchev–Trinajstić information content (AvgIpc) is 2.89. The van der Waals surface area contributed by atoms with Gasteiger partial charge < -0.3 is 4.74 Å². The van der Waals surface area contributed by atoms with Gasteiger partial charge in [-0.05, 0) is 37.4 Å². The first-order valence-electron chi connectivity index (χ1n) is 5.64. The van der Waals surface area contributed by atoms with Crippen molar-refractivity contribution in [3.05, 3.63) is 0 Å². The van der Waals surface area contributed by atoms with E-state index in [0.717, 1.165) is 43.9 Å². The lowest BCUT2D eigenvalue weighted by molar-refractivity contribution is -0.132. The SMILES string of the molecule is O=C1SC(=O)C23CCCC12C1CCC3O1. The summed E-state index contributed by atoms with van der Waals surface area (Å²) in [6.07, 6.45) is 4.84. The van der Waals surface area contributed by atoms with Crippen LogP contribution in [0.4, 0.5) is 0 Å². The Morgan fingerprint density at radius 2 is 1.60 bits per heavy atom. The van der Waals surface area contributed by atoms with Gasteiger partial charge in [0.2, 0.25) is 10.2 Å². The van der Waals surface area contributed by atoms with Crippen LogP contribution < -0.4 is 0 Å². The zero-order valence-corrected chi connectivity index (χ0v) is 9.14. The van der Waals surface area contributed by atoms with E-state index in [-0.39, 0.29) is 22.4 Å². The van der Waals surface area contributed by atoms with Gasteiger partial charge in [-0.2, -0.15) is 0 Å². The molecule has 0 aromatic rings. The quantitative estimate of drug-likeness (QED) is 0.625. The molecule has 2 bridgehead atoms. The summed E-state index contributed by atoms with van der Waals surface area (Å²) in [5.41, 5.74) is -0.810. The monoisotopic (exact) mass is 224 g/mol. The Morgan fingerprint density at radius 1 is 1.07 bits per heavy atom. The van der Waals surface area contributed by atoms with Crippen molar-refractivity contribution in [3.63, 3.8) is 0 Å². The summed E-state index contributed by atoms with van der Waals surface area (Å²) < 4.78 is 5.87. The lowest BCUT2D eigenvalue weighted by Gasteiger charge is -2.36. The van der Waals surface area contributed by atoms with Gasteiger partial charge in [0.05, 0.1) is 23.0 Å². The van der Waals surface area contributed by atoms with Crippen LogP contribution in [0.3, 0.4) is 0 Å². The largest absolute Gasteiger partial charge is 0.373 e. The molecule has 1 aliphatic carbocycles. The van der Waals surface area contributed by atoms with Crippen molar-refractivity contribution in [3.8, 4) is 0 Å². The lowest BCUT2D eigenvalue weighted by atomic mass is 9.59. The molecule has 3 saturated heterocycles. The smallest absolute Gasteiger partial charge is 0.206 e. The summed E-state index contributed by atoms with van der Waals surface area (Å²) in [6.45, 7) is 0. The van der Waals surface area contributed by atoms with Gasteiger partial charge in [0, 0.05) is 0 Å². The molecule has 4 unspecified atom stereocenters. The summed E-state index contributed by atoms with van der Waals surface area (Å²) in [5.74, 6) is 0. The van der Waals surface area contributed by atoms with E-state index in [1.165, 1.54) is 0 Å². The van der Waals surface area contributed by atoms with Crippen LogP contribution in [0.5, 0.6) is 0 Å². The molecule has 4 heteroatoms. The molecule has 0 aromatic carbocycles. The zero-order chi connectivity index (χ0) is 10.3. The highest BCUT2D eigenvalue weighted by molar-refractivity contribution is 8.26. The Balaban J connectivity index is 2.01. The van der Waals surface area contributed by atoms with E-state index in [1.54, 1.807) is 0 Å². The summed E-state index contributed by atoms with van der Waals surface area (Å²) in [5, 5.41) is 0.217. The van der Waals surface area contributed by atoms with Crippen LogP contribution in [0, 0.1) is 10.8 Å². The van der Waals surface area contributed by atoms with Crippen LogP contribution in [0.15, 0.2) is 0 Å². The summed E-state index contributed by atoms with van der Waals surface area (Å²) in [7, 11) is 0. The molecule has 4 fully saturated rings. The van der Waals surface area contributed by atoms with Gasteiger partial charge in [-0.15, -0.1) is 0 Å². The zero-order valence-electron chi connectivity index (χ0n) is 8.32. The van der Waals surface area contributed by atoms with Crippen LogP contribution in [0.2, 0.25) is 0 Å². The van der Waals surface area contributed by atoms with E-state index in [2.05, 4.69) is 0 Å². The summed E-state index contributed by atoms with van der Waals surface area (Å²) in [6, 6.07) is 0. The van der Waals surface area contributed by atoms with Crippen molar-refractivity contribution in [2.24, 2.45) is 10.8 Å². The molecule has 4 rings (SSSR count). The van der Waals surface area contributed by atoms with Crippen molar-refractivity contribution < 1.29 is 14.3 Å². The van der Waals surface area contributed by atoms with Crippen molar-refractivity contribution in [1.29, 1.82) is 0 Å². The predicted molar refractivity (Wildman–Crippen MR) is 54.2 cm³/mol. The normalized spacial score (nSPS) is 56.3. The van der Waals surface area contributed by atoms with E-state index < -0.39 is 10.8 Å². The van der Waals surface area contributed by atoms with Gasteiger partial charge in [0.1, 0.15) is 0 Å². The summed E-state index contributed by atoms with van der Waals surface area (Å²) >= 11 is 0.976. The first-order chi connectivity index (χ1) is 7.22. The minimum Gasteiger partial charge on any atom is -0.373 e. The van der Waals surface area contributed by atoms with E-state index >= 15 is 0 Å². The highest BCUT2D eigenvalue weighted by Gasteiger charge is 2.80. The van der Waals surface area contributed by atoms with E-state index in [9.17, 15) is 9.59 Å². The van der Waals surface area contributed by atoms with E-state index in [0.29, 0.717) is 0 Å². The molecule has 80 valence electrons. The molecule has 0 radical (unpaired) electrons. The number of hydrogen-bond donors (Lipinski definition) is 0. The molecule has 0 amide bonds. The molecule has 0 aromatic heterocycles. The average molecular weight is 224 g/mol. The lowest BCUT2D eigenvalue weighted by Crippen LogP contribution is -2.48. The van der Waals surface area contributed by atoms with Crippen molar-refractivity contribution in [2.45, 2.75) is 44.3 Å². The Hall–Kier alpha value is -0.350. The number of fused-ring (bicyclic) bond motifs is 2. The van der Waals surface area contributed by atoms with Gasteiger partial charge >= 0.3 is 0 Å². The van der Waals surface area contributed by atoms with Gasteiger partial charge in [0.25, 0.3) is 0 Å². The second kappa shape index (κ2) is 2.33. The maximum absolute atomic E-state index is 12.1. The topological polar surface area (TPSA) is 43.4 Å². The fourth-order valence-corrected chi connectivity index (χ4v) is 5.81. The standard InChI is InChI=1S/C11H12O3S/c12-8-10-4-1-5-11(10,9(13)15-8)7-3-2-6(10)14-7/h6-7H,1-5H2. The number of rotatable bonds is 0. The maximum atomic E-state index is 12.1. The number of carbonyl (C=O) groups excluding carboxylic acids is 2. The molecule has 3 nitrogen and oxygen atoms in total. The maximum Gasteiger partial charge on any atom is 0.206 e. The first-order valence-corrected chi connectivity index (χ1v) is 6.46. The number of ether oxygens (including phenoxy) is 1. The highest BCUT2D eigenvalue weighted by Crippen LogP contribution is 2.73. The second-order valence-electron chi connectivity index (χ2n) is 5.16. The molecular formula is C11H12O3S.